The Morgan fingerprint density at radius 3 is 2.65 bits per heavy atom. The summed E-state index contributed by atoms with van der Waals surface area (Å²) in [6, 6.07) is 12.7. The van der Waals surface area contributed by atoms with Crippen molar-refractivity contribution in [3.63, 3.8) is 0 Å². The van der Waals surface area contributed by atoms with Crippen molar-refractivity contribution in [2.45, 2.75) is 65.5 Å². The molecule has 2 atom stereocenters. The fraction of sp³-hybridized carbons (Fsp3) is 0.435. The van der Waals surface area contributed by atoms with Crippen molar-refractivity contribution in [2.24, 2.45) is 0 Å². The summed E-state index contributed by atoms with van der Waals surface area (Å²) in [5.41, 5.74) is 6.24. The zero-order valence-corrected chi connectivity index (χ0v) is 16.3. The minimum absolute atomic E-state index is 0.0235. The number of benzene rings is 2. The van der Waals surface area contributed by atoms with Crippen molar-refractivity contribution in [2.75, 3.05) is 0 Å². The van der Waals surface area contributed by atoms with Crippen molar-refractivity contribution in [3.8, 4) is 5.75 Å². The van der Waals surface area contributed by atoms with Gasteiger partial charge in [0.05, 0.1) is 6.04 Å². The molecule has 3 rings (SSSR count). The van der Waals surface area contributed by atoms with Crippen LogP contribution in [0.25, 0.3) is 0 Å². The second kappa shape index (κ2) is 7.94. The molecule has 26 heavy (non-hydrogen) atoms. The fourth-order valence-corrected chi connectivity index (χ4v) is 3.56. The van der Waals surface area contributed by atoms with E-state index in [4.69, 9.17) is 4.74 Å². The van der Waals surface area contributed by atoms with Crippen LogP contribution in [0.4, 0.5) is 0 Å². The first-order valence-corrected chi connectivity index (χ1v) is 9.64. The van der Waals surface area contributed by atoms with E-state index in [0.29, 0.717) is 6.42 Å². The molecule has 0 spiro atoms. The number of carbonyl (C=O) groups is 1. The Morgan fingerprint density at radius 1 is 1.12 bits per heavy atom. The fourth-order valence-electron chi connectivity index (χ4n) is 3.56. The summed E-state index contributed by atoms with van der Waals surface area (Å²) >= 11 is 0. The van der Waals surface area contributed by atoms with E-state index in [1.165, 1.54) is 29.5 Å². The first-order valence-electron chi connectivity index (χ1n) is 9.64. The molecule has 3 heteroatoms. The zero-order chi connectivity index (χ0) is 18.7. The Bertz CT molecular complexity index is 797. The summed E-state index contributed by atoms with van der Waals surface area (Å²) in [5.74, 6) is 0.735. The van der Waals surface area contributed by atoms with Crippen molar-refractivity contribution in [1.82, 2.24) is 5.32 Å². The van der Waals surface area contributed by atoms with Gasteiger partial charge in [0.2, 0.25) is 0 Å². The maximum atomic E-state index is 12.8. The molecule has 0 heterocycles. The van der Waals surface area contributed by atoms with Crippen LogP contribution in [0.3, 0.4) is 0 Å². The number of nitrogens with one attached hydrogen (secondary N) is 1. The molecule has 0 saturated carbocycles. The number of rotatable bonds is 6. The van der Waals surface area contributed by atoms with Crippen LogP contribution >= 0.6 is 0 Å². The SMILES string of the molecule is CC[C@@H](Oc1cc(C)ccc1C)C(=O)N[C@H](C)c1ccc2c(c1)CCC2. The third-order valence-corrected chi connectivity index (χ3v) is 5.26. The van der Waals surface area contributed by atoms with Gasteiger partial charge in [0.15, 0.2) is 6.10 Å². The Hall–Kier alpha value is -2.29. The highest BCUT2D eigenvalue weighted by Crippen LogP contribution is 2.26. The highest BCUT2D eigenvalue weighted by molar-refractivity contribution is 5.81. The second-order valence-corrected chi connectivity index (χ2v) is 7.40. The minimum atomic E-state index is -0.479. The lowest BCUT2D eigenvalue weighted by Gasteiger charge is -2.22. The largest absolute Gasteiger partial charge is 0.480 e. The summed E-state index contributed by atoms with van der Waals surface area (Å²) in [7, 11) is 0. The monoisotopic (exact) mass is 351 g/mol. The van der Waals surface area contributed by atoms with E-state index in [9.17, 15) is 4.79 Å². The molecule has 1 aliphatic rings. The topological polar surface area (TPSA) is 38.3 Å². The van der Waals surface area contributed by atoms with Gasteiger partial charge in [-0.05, 0) is 80.3 Å². The van der Waals surface area contributed by atoms with E-state index >= 15 is 0 Å². The molecule has 0 fully saturated rings. The summed E-state index contributed by atoms with van der Waals surface area (Å²) < 4.78 is 6.04. The van der Waals surface area contributed by atoms with Gasteiger partial charge in [-0.1, -0.05) is 37.3 Å². The lowest BCUT2D eigenvalue weighted by molar-refractivity contribution is -0.128. The Balaban J connectivity index is 1.67. The van der Waals surface area contributed by atoms with Gasteiger partial charge in [-0.3, -0.25) is 4.79 Å². The summed E-state index contributed by atoms with van der Waals surface area (Å²) in [5, 5.41) is 3.13. The molecule has 0 unspecified atom stereocenters. The Labute approximate surface area is 156 Å². The van der Waals surface area contributed by atoms with Crippen LogP contribution in [0.1, 0.15) is 60.5 Å². The molecule has 1 aliphatic carbocycles. The van der Waals surface area contributed by atoms with Crippen LogP contribution in [0, 0.1) is 13.8 Å². The van der Waals surface area contributed by atoms with Crippen molar-refractivity contribution in [3.05, 3.63) is 64.2 Å². The number of ether oxygens (including phenoxy) is 1. The summed E-state index contributed by atoms with van der Waals surface area (Å²) in [6.07, 6.45) is 3.72. The molecule has 1 amide bonds. The summed E-state index contributed by atoms with van der Waals surface area (Å²) in [4.78, 5) is 12.8. The zero-order valence-electron chi connectivity index (χ0n) is 16.3. The predicted molar refractivity (Wildman–Crippen MR) is 106 cm³/mol. The molecule has 3 nitrogen and oxygen atoms in total. The van der Waals surface area contributed by atoms with Gasteiger partial charge >= 0.3 is 0 Å². The number of hydrogen-bond acceptors (Lipinski definition) is 2. The lowest BCUT2D eigenvalue weighted by atomic mass is 10.0. The van der Waals surface area contributed by atoms with Crippen molar-refractivity contribution < 1.29 is 9.53 Å². The van der Waals surface area contributed by atoms with E-state index < -0.39 is 6.10 Å². The van der Waals surface area contributed by atoms with Crippen LogP contribution < -0.4 is 10.1 Å². The normalized spacial score (nSPS) is 15.2. The highest BCUT2D eigenvalue weighted by atomic mass is 16.5. The average molecular weight is 351 g/mol. The molecule has 0 saturated heterocycles. The molecule has 2 aromatic rings. The number of amides is 1. The standard InChI is InChI=1S/C23H29NO2/c1-5-21(26-22-13-15(2)9-10-16(22)3)23(25)24-17(4)19-12-11-18-7-6-8-20(18)14-19/h9-14,17,21H,5-8H2,1-4H3,(H,24,25)/t17-,21-/m1/s1. The molecular weight excluding hydrogens is 322 g/mol. The number of carbonyl (C=O) groups excluding carboxylic acids is 1. The Kier molecular flexibility index (Phi) is 5.65. The average Bonchev–Trinajstić information content (AvgIpc) is 3.09. The second-order valence-electron chi connectivity index (χ2n) is 7.40. The number of hydrogen-bond donors (Lipinski definition) is 1. The third kappa shape index (κ3) is 4.09. The number of aryl methyl sites for hydroxylation is 4. The van der Waals surface area contributed by atoms with E-state index in [-0.39, 0.29) is 11.9 Å². The van der Waals surface area contributed by atoms with Gasteiger partial charge in [0, 0.05) is 0 Å². The van der Waals surface area contributed by atoms with Crippen molar-refractivity contribution in [1.29, 1.82) is 0 Å². The maximum Gasteiger partial charge on any atom is 0.261 e. The van der Waals surface area contributed by atoms with Crippen LogP contribution in [0.2, 0.25) is 0 Å². The van der Waals surface area contributed by atoms with Gasteiger partial charge in [-0.15, -0.1) is 0 Å². The number of fused-ring (bicyclic) bond motifs is 1. The first kappa shape index (κ1) is 18.5. The van der Waals surface area contributed by atoms with Crippen LogP contribution in [0.15, 0.2) is 36.4 Å². The van der Waals surface area contributed by atoms with Gasteiger partial charge in [-0.2, -0.15) is 0 Å². The third-order valence-electron chi connectivity index (χ3n) is 5.26. The van der Waals surface area contributed by atoms with Gasteiger partial charge in [-0.25, -0.2) is 0 Å². The van der Waals surface area contributed by atoms with E-state index in [2.05, 4.69) is 29.6 Å². The van der Waals surface area contributed by atoms with Crippen LogP contribution in [-0.4, -0.2) is 12.0 Å². The Morgan fingerprint density at radius 2 is 1.88 bits per heavy atom. The molecule has 138 valence electrons. The highest BCUT2D eigenvalue weighted by Gasteiger charge is 2.22. The van der Waals surface area contributed by atoms with Gasteiger partial charge in [0.25, 0.3) is 5.91 Å². The van der Waals surface area contributed by atoms with E-state index in [1.807, 2.05) is 39.8 Å². The maximum absolute atomic E-state index is 12.8. The van der Waals surface area contributed by atoms with E-state index in [0.717, 1.165) is 23.3 Å². The first-order chi connectivity index (χ1) is 12.5. The van der Waals surface area contributed by atoms with Gasteiger partial charge in [0.1, 0.15) is 5.75 Å². The minimum Gasteiger partial charge on any atom is -0.480 e. The molecule has 0 aliphatic heterocycles. The molecule has 0 radical (unpaired) electrons. The molecular formula is C23H29NO2. The molecule has 0 bridgehead atoms. The lowest BCUT2D eigenvalue weighted by Crippen LogP contribution is -2.39. The molecule has 1 N–H and O–H groups in total. The predicted octanol–water partition coefficient (Wildman–Crippen LogP) is 4.83. The quantitative estimate of drug-likeness (QED) is 0.810. The molecule has 2 aromatic carbocycles. The smallest absolute Gasteiger partial charge is 0.261 e. The van der Waals surface area contributed by atoms with Crippen LogP contribution in [-0.2, 0) is 17.6 Å². The molecule has 0 aromatic heterocycles. The van der Waals surface area contributed by atoms with Crippen LogP contribution in [0.5, 0.6) is 5.75 Å². The van der Waals surface area contributed by atoms with Crippen molar-refractivity contribution >= 4 is 5.91 Å². The van der Waals surface area contributed by atoms with Gasteiger partial charge < -0.3 is 10.1 Å². The summed E-state index contributed by atoms with van der Waals surface area (Å²) in [6.45, 7) is 8.06. The van der Waals surface area contributed by atoms with E-state index in [1.54, 1.807) is 0 Å².